The fraction of sp³-hybridized carbons (Fsp3) is 0.360. The number of nitrogens with zero attached hydrogens (tertiary/aromatic N) is 4. The standard InChI is InChI=1S/C25H28N4O6/c1-27(2)25(32)22-14-29(18-8-5-6-9-19(18)35-22)23(30)10-7-11-28-15-26-17-13-21(34-4)20(33-3)12-16(17)24(28)31/h5-6,8-9,12-13,15,22H,7,10-11,14H2,1-4H3/t22-/m1/s1. The lowest BCUT2D eigenvalue weighted by Crippen LogP contribution is -2.50. The van der Waals surface area contributed by atoms with Gasteiger partial charge in [0.15, 0.2) is 17.6 Å². The van der Waals surface area contributed by atoms with E-state index in [0.717, 1.165) is 0 Å². The molecule has 10 heteroatoms. The van der Waals surface area contributed by atoms with E-state index in [1.165, 1.54) is 30.0 Å². The van der Waals surface area contributed by atoms with Gasteiger partial charge in [0.25, 0.3) is 11.5 Å². The summed E-state index contributed by atoms with van der Waals surface area (Å²) in [6, 6.07) is 10.4. The molecule has 1 aromatic heterocycles. The fourth-order valence-corrected chi connectivity index (χ4v) is 4.07. The minimum Gasteiger partial charge on any atom is -0.493 e. The van der Waals surface area contributed by atoms with Gasteiger partial charge in [0.05, 0.1) is 43.7 Å². The lowest BCUT2D eigenvalue weighted by atomic mass is 10.1. The molecule has 0 aliphatic carbocycles. The zero-order chi connectivity index (χ0) is 25.1. The second-order valence-electron chi connectivity index (χ2n) is 8.38. The van der Waals surface area contributed by atoms with Crippen molar-refractivity contribution in [2.24, 2.45) is 0 Å². The minimum atomic E-state index is -0.775. The van der Waals surface area contributed by atoms with Gasteiger partial charge in [-0.3, -0.25) is 19.0 Å². The average molecular weight is 481 g/mol. The lowest BCUT2D eigenvalue weighted by Gasteiger charge is -2.35. The maximum atomic E-state index is 13.2. The number of rotatable bonds is 7. The van der Waals surface area contributed by atoms with Crippen molar-refractivity contribution >= 4 is 28.4 Å². The summed E-state index contributed by atoms with van der Waals surface area (Å²) < 4.78 is 17.9. The molecule has 0 saturated carbocycles. The van der Waals surface area contributed by atoms with Crippen molar-refractivity contribution < 1.29 is 23.8 Å². The molecule has 1 atom stereocenters. The average Bonchev–Trinajstić information content (AvgIpc) is 2.87. The Hall–Kier alpha value is -4.08. The molecular formula is C25H28N4O6. The normalized spacial score (nSPS) is 14.7. The number of hydrogen-bond acceptors (Lipinski definition) is 7. The van der Waals surface area contributed by atoms with E-state index in [1.54, 1.807) is 49.3 Å². The molecule has 1 aliphatic heterocycles. The number of anilines is 1. The highest BCUT2D eigenvalue weighted by molar-refractivity contribution is 5.97. The molecule has 0 saturated heterocycles. The van der Waals surface area contributed by atoms with Crippen LogP contribution in [0.15, 0.2) is 47.5 Å². The van der Waals surface area contributed by atoms with Gasteiger partial charge in [0, 0.05) is 33.1 Å². The van der Waals surface area contributed by atoms with Crippen LogP contribution in [0, 0.1) is 0 Å². The fourth-order valence-electron chi connectivity index (χ4n) is 4.07. The molecule has 0 N–H and O–H groups in total. The second-order valence-corrected chi connectivity index (χ2v) is 8.38. The zero-order valence-corrected chi connectivity index (χ0v) is 20.2. The Bertz CT molecular complexity index is 1320. The summed E-state index contributed by atoms with van der Waals surface area (Å²) in [6.07, 6.45) is 1.30. The Morgan fingerprint density at radius 2 is 1.86 bits per heavy atom. The van der Waals surface area contributed by atoms with Crippen molar-refractivity contribution in [1.29, 1.82) is 0 Å². The highest BCUT2D eigenvalue weighted by atomic mass is 16.5. The van der Waals surface area contributed by atoms with Gasteiger partial charge < -0.3 is 24.0 Å². The van der Waals surface area contributed by atoms with Crippen LogP contribution in [0.2, 0.25) is 0 Å². The predicted molar refractivity (Wildman–Crippen MR) is 130 cm³/mol. The Kier molecular flexibility index (Phi) is 6.90. The van der Waals surface area contributed by atoms with Crippen LogP contribution in [-0.4, -0.2) is 67.2 Å². The van der Waals surface area contributed by atoms with Crippen molar-refractivity contribution in [1.82, 2.24) is 14.5 Å². The molecular weight excluding hydrogens is 452 g/mol. The first-order valence-corrected chi connectivity index (χ1v) is 11.2. The maximum absolute atomic E-state index is 13.2. The van der Waals surface area contributed by atoms with Crippen molar-refractivity contribution in [3.8, 4) is 17.2 Å². The van der Waals surface area contributed by atoms with Crippen molar-refractivity contribution in [3.05, 3.63) is 53.1 Å². The number of likely N-dealkylation sites (N-methyl/N-ethyl adjacent to an activating group) is 1. The molecule has 0 radical (unpaired) electrons. The summed E-state index contributed by atoms with van der Waals surface area (Å²) in [4.78, 5) is 46.0. The summed E-state index contributed by atoms with van der Waals surface area (Å²) in [5.41, 5.74) is 0.907. The predicted octanol–water partition coefficient (Wildman–Crippen LogP) is 2.08. The first-order valence-electron chi connectivity index (χ1n) is 11.2. The molecule has 3 aromatic rings. The van der Waals surface area contributed by atoms with Gasteiger partial charge in [0.1, 0.15) is 5.75 Å². The second kappa shape index (κ2) is 10.0. The monoisotopic (exact) mass is 480 g/mol. The molecule has 1 aliphatic rings. The number of para-hydroxylation sites is 2. The molecule has 2 amide bonds. The van der Waals surface area contributed by atoms with E-state index in [1.807, 2.05) is 6.07 Å². The van der Waals surface area contributed by atoms with Gasteiger partial charge in [-0.1, -0.05) is 12.1 Å². The van der Waals surface area contributed by atoms with Gasteiger partial charge in [0.2, 0.25) is 5.91 Å². The quantitative estimate of drug-likeness (QED) is 0.510. The van der Waals surface area contributed by atoms with E-state index < -0.39 is 6.10 Å². The summed E-state index contributed by atoms with van der Waals surface area (Å²) in [7, 11) is 6.33. The van der Waals surface area contributed by atoms with Crippen LogP contribution in [0.5, 0.6) is 17.2 Å². The number of hydrogen-bond donors (Lipinski definition) is 0. The van der Waals surface area contributed by atoms with Gasteiger partial charge >= 0.3 is 0 Å². The molecule has 0 unspecified atom stereocenters. The van der Waals surface area contributed by atoms with Gasteiger partial charge in [-0.25, -0.2) is 4.98 Å². The maximum Gasteiger partial charge on any atom is 0.265 e. The number of fused-ring (bicyclic) bond motifs is 2. The zero-order valence-electron chi connectivity index (χ0n) is 20.2. The number of carbonyl (C=O) groups is 2. The van der Waals surface area contributed by atoms with Crippen molar-refractivity contribution in [3.63, 3.8) is 0 Å². The highest BCUT2D eigenvalue weighted by Gasteiger charge is 2.34. The first kappa shape index (κ1) is 24.1. The third-order valence-corrected chi connectivity index (χ3v) is 5.91. The van der Waals surface area contributed by atoms with Crippen LogP contribution in [0.4, 0.5) is 5.69 Å². The summed E-state index contributed by atoms with van der Waals surface area (Å²) in [6.45, 7) is 0.444. The number of methoxy groups -OCH3 is 2. The van der Waals surface area contributed by atoms with Crippen LogP contribution in [-0.2, 0) is 16.1 Å². The molecule has 184 valence electrons. The van der Waals surface area contributed by atoms with E-state index in [9.17, 15) is 14.4 Å². The molecule has 0 fully saturated rings. The minimum absolute atomic E-state index is 0.131. The molecule has 35 heavy (non-hydrogen) atoms. The smallest absolute Gasteiger partial charge is 0.265 e. The van der Waals surface area contributed by atoms with Crippen LogP contribution in [0.1, 0.15) is 12.8 Å². The Morgan fingerprint density at radius 3 is 2.57 bits per heavy atom. The third-order valence-electron chi connectivity index (χ3n) is 5.91. The molecule has 2 aromatic carbocycles. The Morgan fingerprint density at radius 1 is 1.14 bits per heavy atom. The van der Waals surface area contributed by atoms with E-state index >= 15 is 0 Å². The van der Waals surface area contributed by atoms with E-state index in [-0.39, 0.29) is 30.3 Å². The molecule has 0 spiro atoms. The van der Waals surface area contributed by atoms with E-state index in [0.29, 0.717) is 46.8 Å². The number of carbonyl (C=O) groups excluding carboxylic acids is 2. The first-order chi connectivity index (χ1) is 16.8. The molecule has 0 bridgehead atoms. The largest absolute Gasteiger partial charge is 0.493 e. The molecule has 10 nitrogen and oxygen atoms in total. The highest BCUT2D eigenvalue weighted by Crippen LogP contribution is 2.34. The number of benzene rings is 2. The number of ether oxygens (including phenoxy) is 3. The van der Waals surface area contributed by atoms with Gasteiger partial charge in [-0.15, -0.1) is 0 Å². The van der Waals surface area contributed by atoms with Crippen LogP contribution >= 0.6 is 0 Å². The number of amides is 2. The Labute approximate surface area is 202 Å². The number of aromatic nitrogens is 2. The number of aryl methyl sites for hydroxylation is 1. The van der Waals surface area contributed by atoms with E-state index in [2.05, 4.69) is 4.98 Å². The summed E-state index contributed by atoms with van der Waals surface area (Å²) >= 11 is 0. The topological polar surface area (TPSA) is 103 Å². The van der Waals surface area contributed by atoms with Gasteiger partial charge in [-0.05, 0) is 24.6 Å². The summed E-state index contributed by atoms with van der Waals surface area (Å²) in [5, 5.41) is 0.406. The lowest BCUT2D eigenvalue weighted by molar-refractivity contribution is -0.136. The van der Waals surface area contributed by atoms with Crippen molar-refractivity contribution in [2.45, 2.75) is 25.5 Å². The van der Waals surface area contributed by atoms with Crippen LogP contribution in [0.25, 0.3) is 10.9 Å². The van der Waals surface area contributed by atoms with Crippen LogP contribution < -0.4 is 24.7 Å². The SMILES string of the molecule is COc1cc2ncn(CCCC(=O)N3C[C@H](C(=O)N(C)C)Oc4ccccc43)c(=O)c2cc1OC. The molecule has 2 heterocycles. The van der Waals surface area contributed by atoms with Crippen LogP contribution in [0.3, 0.4) is 0 Å². The Balaban J connectivity index is 1.49. The third kappa shape index (κ3) is 4.77. The van der Waals surface area contributed by atoms with E-state index in [4.69, 9.17) is 14.2 Å². The molecule has 4 rings (SSSR count). The van der Waals surface area contributed by atoms with Gasteiger partial charge in [-0.2, -0.15) is 0 Å². The van der Waals surface area contributed by atoms with Crippen molar-refractivity contribution in [2.75, 3.05) is 39.8 Å². The summed E-state index contributed by atoms with van der Waals surface area (Å²) in [5.74, 6) is 1.07.